The van der Waals surface area contributed by atoms with Gasteiger partial charge in [-0.3, -0.25) is 0 Å². The summed E-state index contributed by atoms with van der Waals surface area (Å²) >= 11 is 1.43. The van der Waals surface area contributed by atoms with Crippen LogP contribution in [0.5, 0.6) is 0 Å². The Morgan fingerprint density at radius 1 is 1.38 bits per heavy atom. The lowest BCUT2D eigenvalue weighted by atomic mass is 10.2. The second-order valence-electron chi connectivity index (χ2n) is 4.02. The second-order valence-corrected chi connectivity index (χ2v) is 5.14. The molecule has 0 aliphatic rings. The molecule has 1 heterocycles. The molecule has 0 saturated heterocycles. The van der Waals surface area contributed by atoms with Crippen molar-refractivity contribution in [1.29, 1.82) is 0 Å². The molecule has 0 fully saturated rings. The first kappa shape index (κ1) is 11.3. The van der Waals surface area contributed by atoms with Crippen LogP contribution in [0.1, 0.15) is 24.8 Å². The summed E-state index contributed by atoms with van der Waals surface area (Å²) in [5.41, 5.74) is 1.07. The number of hydrogen-bond acceptors (Lipinski definition) is 2. The molecule has 84 valence electrons. The normalized spacial score (nSPS) is 12.8. The molecule has 0 amide bonds. The van der Waals surface area contributed by atoms with E-state index in [9.17, 15) is 9.50 Å². The number of thiophene rings is 1. The fourth-order valence-electron chi connectivity index (χ4n) is 1.57. The predicted molar refractivity (Wildman–Crippen MR) is 66.2 cm³/mol. The van der Waals surface area contributed by atoms with Crippen LogP contribution in [0.3, 0.4) is 0 Å². The summed E-state index contributed by atoms with van der Waals surface area (Å²) in [6.07, 6.45) is 1.20. The monoisotopic (exact) mass is 236 g/mol. The van der Waals surface area contributed by atoms with Crippen LogP contribution in [0.15, 0.2) is 35.9 Å². The van der Waals surface area contributed by atoms with Crippen molar-refractivity contribution in [2.24, 2.45) is 0 Å². The minimum absolute atomic E-state index is 0.238. The van der Waals surface area contributed by atoms with Gasteiger partial charge in [0.05, 0.1) is 0 Å². The van der Waals surface area contributed by atoms with Gasteiger partial charge in [-0.15, -0.1) is 11.3 Å². The smallest absolute Gasteiger partial charge is 0.124 e. The van der Waals surface area contributed by atoms with Gasteiger partial charge >= 0.3 is 0 Å². The molecular formula is C13H13FOS. The lowest BCUT2D eigenvalue weighted by molar-refractivity contribution is 0.231. The third kappa shape index (κ3) is 2.31. The zero-order chi connectivity index (χ0) is 11.7. The standard InChI is InChI=1S/C13H13FOS/c1-8(2)5-11(15)13-6-9-3-4-10(14)7-12(9)16-13/h3-7,11,15H,1-2H3. The Labute approximate surface area is 97.8 Å². The SMILES string of the molecule is CC(C)=CC(O)c1cc2ccc(F)cc2s1. The van der Waals surface area contributed by atoms with E-state index < -0.39 is 6.10 Å². The highest BCUT2D eigenvalue weighted by atomic mass is 32.1. The topological polar surface area (TPSA) is 20.2 Å². The zero-order valence-electron chi connectivity index (χ0n) is 9.20. The molecular weight excluding hydrogens is 223 g/mol. The fourth-order valence-corrected chi connectivity index (χ4v) is 2.61. The lowest BCUT2D eigenvalue weighted by Crippen LogP contribution is -1.88. The molecule has 2 aromatic rings. The molecule has 1 N–H and O–H groups in total. The first-order chi connectivity index (χ1) is 7.56. The van der Waals surface area contributed by atoms with Crippen LogP contribution in [0.4, 0.5) is 4.39 Å². The van der Waals surface area contributed by atoms with Crippen molar-refractivity contribution < 1.29 is 9.50 Å². The van der Waals surface area contributed by atoms with Crippen molar-refractivity contribution in [3.8, 4) is 0 Å². The van der Waals surface area contributed by atoms with Crippen molar-refractivity contribution in [2.75, 3.05) is 0 Å². The lowest BCUT2D eigenvalue weighted by Gasteiger charge is -2.01. The molecule has 1 atom stereocenters. The first-order valence-electron chi connectivity index (χ1n) is 5.08. The fraction of sp³-hybridized carbons (Fsp3) is 0.231. The van der Waals surface area contributed by atoms with E-state index in [1.54, 1.807) is 12.1 Å². The van der Waals surface area contributed by atoms with E-state index in [-0.39, 0.29) is 5.82 Å². The van der Waals surface area contributed by atoms with Gasteiger partial charge in [0.2, 0.25) is 0 Å². The van der Waals surface area contributed by atoms with E-state index in [1.807, 2.05) is 19.9 Å². The van der Waals surface area contributed by atoms with E-state index in [0.717, 1.165) is 20.5 Å². The van der Waals surface area contributed by atoms with Gasteiger partial charge in [-0.05, 0) is 37.4 Å². The van der Waals surface area contributed by atoms with Crippen LogP contribution in [0.2, 0.25) is 0 Å². The molecule has 16 heavy (non-hydrogen) atoms. The summed E-state index contributed by atoms with van der Waals surface area (Å²) in [6.45, 7) is 3.88. The van der Waals surface area contributed by atoms with Crippen molar-refractivity contribution in [2.45, 2.75) is 20.0 Å². The summed E-state index contributed by atoms with van der Waals surface area (Å²) in [7, 11) is 0. The maximum atomic E-state index is 13.0. The van der Waals surface area contributed by atoms with Crippen molar-refractivity contribution in [3.05, 3.63) is 46.6 Å². The highest BCUT2D eigenvalue weighted by molar-refractivity contribution is 7.19. The number of benzene rings is 1. The van der Waals surface area contributed by atoms with E-state index in [0.29, 0.717) is 0 Å². The van der Waals surface area contributed by atoms with Gasteiger partial charge < -0.3 is 5.11 Å². The number of fused-ring (bicyclic) bond motifs is 1. The van der Waals surface area contributed by atoms with Gasteiger partial charge in [0.25, 0.3) is 0 Å². The molecule has 0 radical (unpaired) electrons. The molecule has 1 aromatic carbocycles. The second kappa shape index (κ2) is 4.36. The molecule has 1 nitrogen and oxygen atoms in total. The van der Waals surface area contributed by atoms with Gasteiger partial charge in [-0.25, -0.2) is 4.39 Å². The molecule has 0 saturated carbocycles. The Hall–Kier alpha value is -1.19. The van der Waals surface area contributed by atoms with E-state index >= 15 is 0 Å². The number of rotatable bonds is 2. The van der Waals surface area contributed by atoms with E-state index in [4.69, 9.17) is 0 Å². The van der Waals surface area contributed by atoms with Crippen LogP contribution in [-0.4, -0.2) is 5.11 Å². The molecule has 3 heteroatoms. The van der Waals surface area contributed by atoms with Gasteiger partial charge in [0.1, 0.15) is 11.9 Å². The number of aliphatic hydroxyl groups is 1. The summed E-state index contributed by atoms with van der Waals surface area (Å²) in [4.78, 5) is 0.849. The minimum Gasteiger partial charge on any atom is -0.383 e. The summed E-state index contributed by atoms with van der Waals surface area (Å²) in [5, 5.41) is 10.9. The Morgan fingerprint density at radius 2 is 2.12 bits per heavy atom. The number of allylic oxidation sites excluding steroid dienone is 1. The van der Waals surface area contributed by atoms with Crippen LogP contribution in [-0.2, 0) is 0 Å². The average Bonchev–Trinajstić information content (AvgIpc) is 2.59. The first-order valence-corrected chi connectivity index (χ1v) is 5.90. The van der Waals surface area contributed by atoms with Crippen molar-refractivity contribution in [1.82, 2.24) is 0 Å². The molecule has 0 aliphatic heterocycles. The Balaban J connectivity index is 2.43. The predicted octanol–water partition coefficient (Wildman–Crippen LogP) is 4.04. The van der Waals surface area contributed by atoms with Gasteiger partial charge in [0, 0.05) is 9.58 Å². The van der Waals surface area contributed by atoms with Crippen LogP contribution >= 0.6 is 11.3 Å². The van der Waals surface area contributed by atoms with Gasteiger partial charge in [0.15, 0.2) is 0 Å². The quantitative estimate of drug-likeness (QED) is 0.780. The summed E-state index contributed by atoms with van der Waals surface area (Å²) < 4.78 is 13.9. The molecule has 0 bridgehead atoms. The van der Waals surface area contributed by atoms with E-state index in [1.165, 1.54) is 23.5 Å². The molecule has 1 aromatic heterocycles. The van der Waals surface area contributed by atoms with E-state index in [2.05, 4.69) is 0 Å². The van der Waals surface area contributed by atoms with Crippen molar-refractivity contribution in [3.63, 3.8) is 0 Å². The Morgan fingerprint density at radius 3 is 2.81 bits per heavy atom. The van der Waals surface area contributed by atoms with Crippen LogP contribution in [0, 0.1) is 5.82 Å². The maximum absolute atomic E-state index is 13.0. The summed E-state index contributed by atoms with van der Waals surface area (Å²) in [5.74, 6) is -0.238. The third-order valence-electron chi connectivity index (χ3n) is 2.28. The highest BCUT2D eigenvalue weighted by Crippen LogP contribution is 2.31. The Kier molecular flexibility index (Phi) is 3.08. The molecule has 1 unspecified atom stereocenters. The number of aliphatic hydroxyl groups excluding tert-OH is 1. The Bertz CT molecular complexity index is 538. The zero-order valence-corrected chi connectivity index (χ0v) is 10.0. The van der Waals surface area contributed by atoms with Gasteiger partial charge in [-0.1, -0.05) is 17.7 Å². The van der Waals surface area contributed by atoms with Gasteiger partial charge in [-0.2, -0.15) is 0 Å². The summed E-state index contributed by atoms with van der Waals surface area (Å²) in [6, 6.07) is 6.58. The third-order valence-corrected chi connectivity index (χ3v) is 3.45. The molecule has 0 spiro atoms. The average molecular weight is 236 g/mol. The highest BCUT2D eigenvalue weighted by Gasteiger charge is 2.09. The molecule has 2 rings (SSSR count). The molecule has 0 aliphatic carbocycles. The van der Waals surface area contributed by atoms with Crippen LogP contribution in [0.25, 0.3) is 10.1 Å². The maximum Gasteiger partial charge on any atom is 0.124 e. The van der Waals surface area contributed by atoms with Crippen LogP contribution < -0.4 is 0 Å². The van der Waals surface area contributed by atoms with Crippen molar-refractivity contribution >= 4 is 21.4 Å². The number of hydrogen-bond donors (Lipinski definition) is 1. The largest absolute Gasteiger partial charge is 0.383 e. The minimum atomic E-state index is -0.592. The number of halogens is 1.